The molecule has 2 fully saturated rings. The number of carbonyl (C=O) groups is 2. The van der Waals surface area contributed by atoms with Crippen LogP contribution >= 0.6 is 0 Å². The van der Waals surface area contributed by atoms with Gasteiger partial charge in [-0.2, -0.15) is 0 Å². The molecule has 2 saturated heterocycles. The minimum Gasteiger partial charge on any atom is -0.477 e. The van der Waals surface area contributed by atoms with Crippen LogP contribution in [0.4, 0.5) is 0 Å². The van der Waals surface area contributed by atoms with E-state index < -0.39 is 0 Å². The van der Waals surface area contributed by atoms with Gasteiger partial charge in [-0.25, -0.2) is 4.98 Å². The van der Waals surface area contributed by atoms with Crippen molar-refractivity contribution in [2.24, 2.45) is 5.92 Å². The zero-order chi connectivity index (χ0) is 18.5. The van der Waals surface area contributed by atoms with Crippen molar-refractivity contribution in [2.45, 2.75) is 52.0 Å². The maximum Gasteiger partial charge on any atom is 0.259 e. The van der Waals surface area contributed by atoms with E-state index in [4.69, 9.17) is 4.74 Å². The Morgan fingerprint density at radius 2 is 2.19 bits per heavy atom. The highest BCUT2D eigenvalue weighted by Crippen LogP contribution is 2.32. The highest BCUT2D eigenvalue weighted by Gasteiger charge is 2.40. The van der Waals surface area contributed by atoms with Gasteiger partial charge in [-0.05, 0) is 44.2 Å². The molecule has 0 aliphatic carbocycles. The van der Waals surface area contributed by atoms with Gasteiger partial charge in [0.2, 0.25) is 11.8 Å². The molecule has 1 aromatic rings. The topological polar surface area (TPSA) is 62.7 Å². The molecular formula is C20H29N3O3. The van der Waals surface area contributed by atoms with Gasteiger partial charge >= 0.3 is 0 Å². The average Bonchev–Trinajstić information content (AvgIpc) is 2.67. The number of rotatable bonds is 6. The Bertz CT molecular complexity index is 649. The molecule has 0 aromatic carbocycles. The molecule has 2 unspecified atom stereocenters. The van der Waals surface area contributed by atoms with E-state index >= 15 is 0 Å². The molecule has 3 rings (SSSR count). The number of unbranched alkanes of at least 4 members (excludes halogenated alkanes) is 1. The Morgan fingerprint density at radius 1 is 1.35 bits per heavy atom. The largest absolute Gasteiger partial charge is 0.477 e. The fraction of sp³-hybridized carbons (Fsp3) is 0.650. The van der Waals surface area contributed by atoms with Crippen LogP contribution in [0, 0.1) is 5.92 Å². The summed E-state index contributed by atoms with van der Waals surface area (Å²) in [6.45, 7) is 6.75. The summed E-state index contributed by atoms with van der Waals surface area (Å²) in [5.41, 5.74) is 0.530. The van der Waals surface area contributed by atoms with Crippen molar-refractivity contribution in [1.82, 2.24) is 14.8 Å². The smallest absolute Gasteiger partial charge is 0.259 e. The molecule has 0 bridgehead atoms. The minimum atomic E-state index is -0.0167. The summed E-state index contributed by atoms with van der Waals surface area (Å²) in [5, 5.41) is 0. The molecule has 3 heterocycles. The number of likely N-dealkylation sites (tertiary alicyclic amines) is 2. The van der Waals surface area contributed by atoms with Crippen molar-refractivity contribution in [2.75, 3.05) is 26.2 Å². The lowest BCUT2D eigenvalue weighted by Gasteiger charge is -2.47. The molecule has 6 heteroatoms. The molecular weight excluding hydrogens is 330 g/mol. The van der Waals surface area contributed by atoms with Gasteiger partial charge in [0.15, 0.2) is 0 Å². The number of ether oxygens (including phenoxy) is 1. The van der Waals surface area contributed by atoms with Crippen LogP contribution < -0.4 is 4.74 Å². The van der Waals surface area contributed by atoms with E-state index in [0.29, 0.717) is 43.5 Å². The van der Waals surface area contributed by atoms with Crippen molar-refractivity contribution >= 4 is 11.8 Å². The highest BCUT2D eigenvalue weighted by molar-refractivity contribution is 5.96. The Kier molecular flexibility index (Phi) is 6.12. The van der Waals surface area contributed by atoms with Crippen LogP contribution in [0.1, 0.15) is 56.3 Å². The Balaban J connectivity index is 1.70. The Morgan fingerprint density at radius 3 is 2.96 bits per heavy atom. The molecule has 0 saturated carbocycles. The number of piperidine rings is 2. The second-order valence-corrected chi connectivity index (χ2v) is 7.14. The highest BCUT2D eigenvalue weighted by atomic mass is 16.5. The first kappa shape index (κ1) is 18.7. The molecule has 2 aliphatic rings. The number of fused-ring (bicyclic) bond motifs is 1. The number of pyridine rings is 1. The van der Waals surface area contributed by atoms with Crippen LogP contribution in [0.2, 0.25) is 0 Å². The summed E-state index contributed by atoms with van der Waals surface area (Å²) < 4.78 is 5.52. The molecule has 1 aromatic heterocycles. The molecule has 142 valence electrons. The summed E-state index contributed by atoms with van der Waals surface area (Å²) in [6.07, 6.45) is 6.12. The molecule has 26 heavy (non-hydrogen) atoms. The van der Waals surface area contributed by atoms with E-state index in [-0.39, 0.29) is 17.9 Å². The first-order valence-corrected chi connectivity index (χ1v) is 9.82. The third kappa shape index (κ3) is 3.84. The average molecular weight is 359 g/mol. The van der Waals surface area contributed by atoms with E-state index in [1.165, 1.54) is 0 Å². The maximum atomic E-state index is 13.0. The van der Waals surface area contributed by atoms with Gasteiger partial charge < -0.3 is 14.5 Å². The molecule has 2 amide bonds. The summed E-state index contributed by atoms with van der Waals surface area (Å²) in [5.74, 6) is 1.04. The van der Waals surface area contributed by atoms with E-state index in [1.807, 2.05) is 11.8 Å². The minimum absolute atomic E-state index is 0.0167. The van der Waals surface area contributed by atoms with Crippen LogP contribution in [0.5, 0.6) is 5.88 Å². The lowest BCUT2D eigenvalue weighted by atomic mass is 9.83. The Hall–Kier alpha value is -2.11. The Labute approximate surface area is 155 Å². The summed E-state index contributed by atoms with van der Waals surface area (Å²) >= 11 is 0. The second kappa shape index (κ2) is 8.52. The monoisotopic (exact) mass is 359 g/mol. The fourth-order valence-electron chi connectivity index (χ4n) is 4.13. The summed E-state index contributed by atoms with van der Waals surface area (Å²) in [7, 11) is 0. The third-order valence-electron chi connectivity index (χ3n) is 5.47. The first-order valence-electron chi connectivity index (χ1n) is 9.82. The summed E-state index contributed by atoms with van der Waals surface area (Å²) in [6, 6.07) is 3.84. The van der Waals surface area contributed by atoms with Crippen molar-refractivity contribution in [3.63, 3.8) is 0 Å². The SMILES string of the molecule is CCCCN1C(=O)CCC2CN(C(=O)c3cccnc3OCC)CCC21. The number of hydrogen-bond acceptors (Lipinski definition) is 4. The van der Waals surface area contributed by atoms with Gasteiger partial charge in [-0.3, -0.25) is 9.59 Å². The molecule has 2 aliphatic heterocycles. The van der Waals surface area contributed by atoms with E-state index in [0.717, 1.165) is 32.2 Å². The van der Waals surface area contributed by atoms with Crippen LogP contribution in [0.25, 0.3) is 0 Å². The lowest BCUT2D eigenvalue weighted by Crippen LogP contribution is -2.57. The van der Waals surface area contributed by atoms with E-state index in [1.54, 1.807) is 18.3 Å². The van der Waals surface area contributed by atoms with Crippen LogP contribution in [-0.2, 0) is 4.79 Å². The standard InChI is InChI=1S/C20H29N3O3/c1-3-5-12-23-17-10-13-22(14-15(17)8-9-18(23)24)20(25)16-7-6-11-21-19(16)26-4-2/h6-7,11,15,17H,3-5,8-10,12-14H2,1-2H3. The number of nitrogens with zero attached hydrogens (tertiary/aromatic N) is 3. The van der Waals surface area contributed by atoms with Crippen molar-refractivity contribution < 1.29 is 14.3 Å². The molecule has 0 spiro atoms. The molecule has 0 radical (unpaired) electrons. The normalized spacial score (nSPS) is 22.9. The summed E-state index contributed by atoms with van der Waals surface area (Å²) in [4.78, 5) is 33.5. The third-order valence-corrected chi connectivity index (χ3v) is 5.47. The molecule has 6 nitrogen and oxygen atoms in total. The van der Waals surface area contributed by atoms with Gasteiger partial charge in [-0.1, -0.05) is 13.3 Å². The van der Waals surface area contributed by atoms with Crippen LogP contribution in [-0.4, -0.2) is 58.9 Å². The van der Waals surface area contributed by atoms with Crippen LogP contribution in [0.3, 0.4) is 0 Å². The fourth-order valence-corrected chi connectivity index (χ4v) is 4.13. The predicted molar refractivity (Wildman–Crippen MR) is 99.1 cm³/mol. The quantitative estimate of drug-likeness (QED) is 0.783. The number of aromatic nitrogens is 1. The van der Waals surface area contributed by atoms with Gasteiger partial charge in [-0.15, -0.1) is 0 Å². The molecule has 2 atom stereocenters. The number of amides is 2. The second-order valence-electron chi connectivity index (χ2n) is 7.14. The van der Waals surface area contributed by atoms with E-state index in [2.05, 4.69) is 16.8 Å². The zero-order valence-electron chi connectivity index (χ0n) is 15.8. The zero-order valence-corrected chi connectivity index (χ0v) is 15.8. The van der Waals surface area contributed by atoms with Gasteiger partial charge in [0.05, 0.1) is 6.61 Å². The van der Waals surface area contributed by atoms with Gasteiger partial charge in [0.25, 0.3) is 5.91 Å². The maximum absolute atomic E-state index is 13.0. The lowest BCUT2D eigenvalue weighted by molar-refractivity contribution is -0.140. The molecule has 0 N–H and O–H groups in total. The number of carbonyl (C=O) groups excluding carboxylic acids is 2. The predicted octanol–water partition coefficient (Wildman–Crippen LogP) is 2.73. The van der Waals surface area contributed by atoms with Crippen molar-refractivity contribution in [3.05, 3.63) is 23.9 Å². The van der Waals surface area contributed by atoms with Gasteiger partial charge in [0.1, 0.15) is 5.56 Å². The van der Waals surface area contributed by atoms with Crippen molar-refractivity contribution in [1.29, 1.82) is 0 Å². The first-order chi connectivity index (χ1) is 12.7. The van der Waals surface area contributed by atoms with E-state index in [9.17, 15) is 9.59 Å². The van der Waals surface area contributed by atoms with Gasteiger partial charge in [0, 0.05) is 38.3 Å². The van der Waals surface area contributed by atoms with Crippen LogP contribution in [0.15, 0.2) is 18.3 Å². The van der Waals surface area contributed by atoms with Crippen molar-refractivity contribution in [3.8, 4) is 5.88 Å². The number of hydrogen-bond donors (Lipinski definition) is 0.